The predicted octanol–water partition coefficient (Wildman–Crippen LogP) is 5.81. The summed E-state index contributed by atoms with van der Waals surface area (Å²) in [5.41, 5.74) is 4.75. The fourth-order valence-electron chi connectivity index (χ4n) is 5.14. The van der Waals surface area contributed by atoms with E-state index in [1.54, 1.807) is 11.3 Å². The maximum Gasteiger partial charge on any atom is 0.255 e. The number of nitrogens with zero attached hydrogens (tertiary/aromatic N) is 1. The Kier molecular flexibility index (Phi) is 6.00. The van der Waals surface area contributed by atoms with Crippen molar-refractivity contribution < 1.29 is 9.59 Å². The number of rotatable bonds is 7. The first-order valence-corrected chi connectivity index (χ1v) is 12.7. The molecule has 0 aliphatic carbocycles. The number of carbonyl (C=O) groups excluding carboxylic acids is 2. The van der Waals surface area contributed by atoms with E-state index in [-0.39, 0.29) is 23.8 Å². The summed E-state index contributed by atoms with van der Waals surface area (Å²) in [6.45, 7) is 6.65. The fraction of sp³-hybridized carbons (Fsp3) is 0.286. The van der Waals surface area contributed by atoms with Gasteiger partial charge in [0.1, 0.15) is 6.04 Å². The fourth-order valence-corrected chi connectivity index (χ4v) is 5.79. The third-order valence-corrected chi connectivity index (χ3v) is 7.86. The molecule has 2 aromatic heterocycles. The zero-order valence-corrected chi connectivity index (χ0v) is 20.5. The molecule has 0 saturated heterocycles. The van der Waals surface area contributed by atoms with Crippen LogP contribution in [-0.4, -0.2) is 27.7 Å². The monoisotopic (exact) mass is 471 g/mol. The summed E-state index contributed by atoms with van der Waals surface area (Å²) in [5.74, 6) is -0.192. The van der Waals surface area contributed by atoms with Gasteiger partial charge in [-0.05, 0) is 42.0 Å². The van der Waals surface area contributed by atoms with E-state index in [1.807, 2.05) is 65.7 Å². The average molecular weight is 472 g/mol. The molecule has 34 heavy (non-hydrogen) atoms. The topological polar surface area (TPSA) is 65.2 Å². The summed E-state index contributed by atoms with van der Waals surface area (Å²) in [6.07, 6.45) is 0.788. The molecule has 0 fully saturated rings. The molecule has 2 N–H and O–H groups in total. The number of carbonyl (C=O) groups is 2. The largest absolute Gasteiger partial charge is 0.358 e. The van der Waals surface area contributed by atoms with E-state index in [0.717, 1.165) is 39.0 Å². The predicted molar refractivity (Wildman–Crippen MR) is 137 cm³/mol. The van der Waals surface area contributed by atoms with Gasteiger partial charge in [-0.3, -0.25) is 9.59 Å². The second-order valence-corrected chi connectivity index (χ2v) is 10.1. The molecular formula is C28H29N3O2S. The molecule has 3 atom stereocenters. The molecule has 2 aromatic carbocycles. The number of benzene rings is 2. The number of hydrogen-bond donors (Lipinski definition) is 2. The van der Waals surface area contributed by atoms with Crippen LogP contribution in [0, 0.1) is 12.8 Å². The second kappa shape index (κ2) is 9.11. The van der Waals surface area contributed by atoms with Crippen LogP contribution < -0.4 is 5.32 Å². The molecule has 0 saturated carbocycles. The van der Waals surface area contributed by atoms with Gasteiger partial charge in [0.05, 0.1) is 12.6 Å². The SMILES string of the molecule is CCC(C)C(C(=O)NCc1cccs1)N1C(=O)c2ccccc2C1c1c(C)[nH]c2ccccc12. The second-order valence-electron chi connectivity index (χ2n) is 9.04. The van der Waals surface area contributed by atoms with Crippen molar-refractivity contribution in [2.45, 2.75) is 45.8 Å². The minimum Gasteiger partial charge on any atom is -0.358 e. The molecule has 0 bridgehead atoms. The molecule has 174 valence electrons. The van der Waals surface area contributed by atoms with Crippen LogP contribution in [0.4, 0.5) is 0 Å². The zero-order chi connectivity index (χ0) is 23.8. The first-order valence-electron chi connectivity index (χ1n) is 11.8. The number of fused-ring (bicyclic) bond motifs is 2. The first kappa shape index (κ1) is 22.4. The van der Waals surface area contributed by atoms with Crippen LogP contribution >= 0.6 is 11.3 Å². The number of aromatic nitrogens is 1. The number of nitrogens with one attached hydrogen (secondary N) is 2. The van der Waals surface area contributed by atoms with Gasteiger partial charge in [0, 0.05) is 32.6 Å². The Morgan fingerprint density at radius 1 is 1.12 bits per heavy atom. The Bertz CT molecular complexity index is 1340. The van der Waals surface area contributed by atoms with Crippen molar-refractivity contribution in [3.05, 3.63) is 93.3 Å². The van der Waals surface area contributed by atoms with Gasteiger partial charge in [-0.2, -0.15) is 0 Å². The van der Waals surface area contributed by atoms with Crippen LogP contribution in [0.5, 0.6) is 0 Å². The highest BCUT2D eigenvalue weighted by molar-refractivity contribution is 7.09. The van der Waals surface area contributed by atoms with Crippen LogP contribution in [0.3, 0.4) is 0 Å². The summed E-state index contributed by atoms with van der Waals surface area (Å²) in [4.78, 5) is 34.0. The lowest BCUT2D eigenvalue weighted by Crippen LogP contribution is -2.51. The van der Waals surface area contributed by atoms with Gasteiger partial charge >= 0.3 is 0 Å². The van der Waals surface area contributed by atoms with Gasteiger partial charge < -0.3 is 15.2 Å². The minimum absolute atomic E-state index is 0.00499. The number of para-hydroxylation sites is 1. The van der Waals surface area contributed by atoms with Crippen molar-refractivity contribution in [3.8, 4) is 0 Å². The van der Waals surface area contributed by atoms with Crippen LogP contribution in [0.25, 0.3) is 10.9 Å². The van der Waals surface area contributed by atoms with E-state index in [2.05, 4.69) is 36.3 Å². The van der Waals surface area contributed by atoms with Crippen molar-refractivity contribution in [3.63, 3.8) is 0 Å². The summed E-state index contributed by atoms with van der Waals surface area (Å²) in [5, 5.41) is 6.20. The molecule has 6 heteroatoms. The minimum atomic E-state index is -0.581. The van der Waals surface area contributed by atoms with Crippen molar-refractivity contribution in [2.75, 3.05) is 0 Å². The Labute approximate surface area is 203 Å². The molecule has 4 aromatic rings. The van der Waals surface area contributed by atoms with Crippen LogP contribution in [-0.2, 0) is 11.3 Å². The number of amides is 2. The van der Waals surface area contributed by atoms with E-state index < -0.39 is 6.04 Å². The molecule has 1 aliphatic rings. The highest BCUT2D eigenvalue weighted by Gasteiger charge is 2.46. The van der Waals surface area contributed by atoms with Gasteiger partial charge in [0.2, 0.25) is 5.91 Å². The quantitative estimate of drug-likeness (QED) is 0.357. The standard InChI is InChI=1S/C28H29N3O2S/c1-4-17(2)25(27(32)29-16-19-10-9-15-34-19)31-26(20-11-5-6-12-21(20)28(31)33)24-18(3)30-23-14-8-7-13-22(23)24/h5-15,17,25-26,30H,4,16H2,1-3H3,(H,29,32). The lowest BCUT2D eigenvalue weighted by atomic mass is 9.91. The summed E-state index contributed by atoms with van der Waals surface area (Å²) >= 11 is 1.62. The maximum atomic E-state index is 13.9. The Morgan fingerprint density at radius 3 is 2.65 bits per heavy atom. The lowest BCUT2D eigenvalue weighted by molar-refractivity contribution is -0.128. The number of aromatic amines is 1. The van der Waals surface area contributed by atoms with Crippen molar-refractivity contribution in [1.29, 1.82) is 0 Å². The van der Waals surface area contributed by atoms with Gasteiger partial charge in [0.25, 0.3) is 5.91 Å². The van der Waals surface area contributed by atoms with E-state index >= 15 is 0 Å². The highest BCUT2D eigenvalue weighted by atomic mass is 32.1. The number of aryl methyl sites for hydroxylation is 1. The van der Waals surface area contributed by atoms with E-state index in [0.29, 0.717) is 12.1 Å². The molecule has 0 radical (unpaired) electrons. The molecule has 3 unspecified atom stereocenters. The molecule has 1 aliphatic heterocycles. The molecule has 3 heterocycles. The van der Waals surface area contributed by atoms with Crippen LogP contribution in [0.1, 0.15) is 58.4 Å². The number of thiophene rings is 1. The highest BCUT2D eigenvalue weighted by Crippen LogP contribution is 2.44. The van der Waals surface area contributed by atoms with E-state index in [9.17, 15) is 9.59 Å². The molecular weight excluding hydrogens is 442 g/mol. The Morgan fingerprint density at radius 2 is 1.88 bits per heavy atom. The smallest absolute Gasteiger partial charge is 0.255 e. The number of hydrogen-bond acceptors (Lipinski definition) is 3. The summed E-state index contributed by atoms with van der Waals surface area (Å²) in [6, 6.07) is 19.0. The molecule has 5 nitrogen and oxygen atoms in total. The maximum absolute atomic E-state index is 13.9. The van der Waals surface area contributed by atoms with Crippen LogP contribution in [0.15, 0.2) is 66.0 Å². The summed E-state index contributed by atoms with van der Waals surface area (Å²) < 4.78 is 0. The van der Waals surface area contributed by atoms with Crippen molar-refractivity contribution in [2.24, 2.45) is 5.92 Å². The summed E-state index contributed by atoms with van der Waals surface area (Å²) in [7, 11) is 0. The zero-order valence-electron chi connectivity index (χ0n) is 19.7. The lowest BCUT2D eigenvalue weighted by Gasteiger charge is -2.36. The third-order valence-electron chi connectivity index (χ3n) is 6.98. The first-order chi connectivity index (χ1) is 16.5. The van der Waals surface area contributed by atoms with Gasteiger partial charge in [-0.1, -0.05) is 62.7 Å². The molecule has 5 rings (SSSR count). The average Bonchev–Trinajstić information content (AvgIpc) is 3.55. The van der Waals surface area contributed by atoms with Gasteiger partial charge in [-0.25, -0.2) is 0 Å². The Balaban J connectivity index is 1.62. The van der Waals surface area contributed by atoms with Crippen LogP contribution in [0.2, 0.25) is 0 Å². The van der Waals surface area contributed by atoms with Crippen molar-refractivity contribution in [1.82, 2.24) is 15.2 Å². The van der Waals surface area contributed by atoms with E-state index in [1.165, 1.54) is 0 Å². The Hall–Kier alpha value is -3.38. The van der Waals surface area contributed by atoms with Crippen molar-refractivity contribution >= 4 is 34.1 Å². The van der Waals surface area contributed by atoms with Gasteiger partial charge in [0.15, 0.2) is 0 Å². The normalized spacial score (nSPS) is 17.1. The third kappa shape index (κ3) is 3.72. The molecule has 2 amide bonds. The molecule has 0 spiro atoms. The van der Waals surface area contributed by atoms with Gasteiger partial charge in [-0.15, -0.1) is 11.3 Å². The van der Waals surface area contributed by atoms with E-state index in [4.69, 9.17) is 0 Å². The number of H-pyrrole nitrogens is 1.